The van der Waals surface area contributed by atoms with Crippen molar-refractivity contribution in [3.8, 4) is 0 Å². The highest BCUT2D eigenvalue weighted by atomic mass is 16.5. The van der Waals surface area contributed by atoms with Gasteiger partial charge in [0.05, 0.1) is 6.10 Å². The van der Waals surface area contributed by atoms with Gasteiger partial charge < -0.3 is 9.30 Å². The number of aromatic nitrogens is 3. The van der Waals surface area contributed by atoms with E-state index in [-0.39, 0.29) is 6.10 Å². The van der Waals surface area contributed by atoms with Crippen molar-refractivity contribution in [3.05, 3.63) is 12.2 Å². The van der Waals surface area contributed by atoms with Gasteiger partial charge in [0.25, 0.3) is 0 Å². The van der Waals surface area contributed by atoms with Gasteiger partial charge in [-0.25, -0.2) is 0 Å². The van der Waals surface area contributed by atoms with Crippen LogP contribution < -0.4 is 0 Å². The van der Waals surface area contributed by atoms with Crippen LogP contribution in [0.3, 0.4) is 0 Å². The number of aryl methyl sites for hydroxylation is 1. The van der Waals surface area contributed by atoms with Crippen molar-refractivity contribution < 1.29 is 4.74 Å². The Balaban J connectivity index is 2.17. The van der Waals surface area contributed by atoms with E-state index < -0.39 is 0 Å². The average Bonchev–Trinajstić information content (AvgIpc) is 2.74. The van der Waals surface area contributed by atoms with Crippen molar-refractivity contribution in [2.24, 2.45) is 0 Å². The molecule has 1 aliphatic rings. The SMILES string of the molecule is CCCn1cnnc1C1CCOC1C. The Labute approximate surface area is 84.3 Å². The average molecular weight is 195 g/mol. The molecule has 2 unspecified atom stereocenters. The van der Waals surface area contributed by atoms with Crippen molar-refractivity contribution >= 4 is 0 Å². The topological polar surface area (TPSA) is 39.9 Å². The lowest BCUT2D eigenvalue weighted by Crippen LogP contribution is -2.15. The van der Waals surface area contributed by atoms with E-state index in [9.17, 15) is 0 Å². The van der Waals surface area contributed by atoms with Crippen molar-refractivity contribution in [1.29, 1.82) is 0 Å². The summed E-state index contributed by atoms with van der Waals surface area (Å²) in [6.07, 6.45) is 4.30. The van der Waals surface area contributed by atoms with E-state index in [1.165, 1.54) is 0 Å². The van der Waals surface area contributed by atoms with Gasteiger partial charge in [0.1, 0.15) is 12.2 Å². The Morgan fingerprint density at radius 3 is 3.14 bits per heavy atom. The lowest BCUT2D eigenvalue weighted by Gasteiger charge is -2.14. The minimum Gasteiger partial charge on any atom is -0.378 e. The molecule has 1 saturated heterocycles. The normalized spacial score (nSPS) is 27.0. The Morgan fingerprint density at radius 2 is 2.50 bits per heavy atom. The number of nitrogens with zero attached hydrogens (tertiary/aromatic N) is 3. The van der Waals surface area contributed by atoms with E-state index in [0.717, 1.165) is 31.8 Å². The third-order valence-electron chi connectivity index (χ3n) is 2.82. The van der Waals surface area contributed by atoms with Gasteiger partial charge in [-0.2, -0.15) is 0 Å². The molecule has 0 saturated carbocycles. The Kier molecular flexibility index (Phi) is 2.82. The van der Waals surface area contributed by atoms with Crippen molar-refractivity contribution in [2.45, 2.75) is 45.3 Å². The summed E-state index contributed by atoms with van der Waals surface area (Å²) in [4.78, 5) is 0. The van der Waals surface area contributed by atoms with E-state index >= 15 is 0 Å². The standard InChI is InChI=1S/C10H17N3O/c1-3-5-13-7-11-12-10(13)9-4-6-14-8(9)2/h7-9H,3-6H2,1-2H3. The predicted molar refractivity (Wildman–Crippen MR) is 53.1 cm³/mol. The van der Waals surface area contributed by atoms with Gasteiger partial charge >= 0.3 is 0 Å². The molecule has 0 aromatic carbocycles. The van der Waals surface area contributed by atoms with E-state index in [4.69, 9.17) is 4.74 Å². The van der Waals surface area contributed by atoms with Gasteiger partial charge in [-0.05, 0) is 19.8 Å². The summed E-state index contributed by atoms with van der Waals surface area (Å²) in [5.41, 5.74) is 0. The lowest BCUT2D eigenvalue weighted by molar-refractivity contribution is 0.116. The summed E-state index contributed by atoms with van der Waals surface area (Å²) in [6.45, 7) is 6.14. The summed E-state index contributed by atoms with van der Waals surface area (Å²) < 4.78 is 7.69. The zero-order valence-corrected chi connectivity index (χ0v) is 8.81. The van der Waals surface area contributed by atoms with E-state index in [1.54, 1.807) is 0 Å². The molecule has 2 rings (SSSR count). The fourth-order valence-electron chi connectivity index (χ4n) is 2.04. The van der Waals surface area contributed by atoms with Crippen LogP contribution >= 0.6 is 0 Å². The molecular weight excluding hydrogens is 178 g/mol. The fourth-order valence-corrected chi connectivity index (χ4v) is 2.04. The number of ether oxygens (including phenoxy) is 1. The van der Waals surface area contributed by atoms with Crippen LogP contribution in [0.5, 0.6) is 0 Å². The maximum absolute atomic E-state index is 5.54. The first-order chi connectivity index (χ1) is 6.83. The molecule has 0 N–H and O–H groups in total. The summed E-state index contributed by atoms with van der Waals surface area (Å²) in [6, 6.07) is 0. The predicted octanol–water partition coefficient (Wildman–Crippen LogP) is 1.58. The minimum atomic E-state index is 0.287. The molecule has 0 spiro atoms. The Bertz CT molecular complexity index is 297. The number of rotatable bonds is 3. The molecule has 0 amide bonds. The van der Waals surface area contributed by atoms with Gasteiger partial charge in [-0.1, -0.05) is 6.92 Å². The highest BCUT2D eigenvalue weighted by Crippen LogP contribution is 2.29. The third-order valence-corrected chi connectivity index (χ3v) is 2.82. The van der Waals surface area contributed by atoms with Gasteiger partial charge in [0.15, 0.2) is 0 Å². The number of hydrogen-bond acceptors (Lipinski definition) is 3. The quantitative estimate of drug-likeness (QED) is 0.735. The molecule has 78 valence electrons. The van der Waals surface area contributed by atoms with Crippen LogP contribution in [0.25, 0.3) is 0 Å². The first-order valence-electron chi connectivity index (χ1n) is 5.32. The van der Waals surface area contributed by atoms with Gasteiger partial charge in [-0.15, -0.1) is 10.2 Å². The van der Waals surface area contributed by atoms with Crippen molar-refractivity contribution in [3.63, 3.8) is 0 Å². The van der Waals surface area contributed by atoms with Crippen LogP contribution in [0.2, 0.25) is 0 Å². The Morgan fingerprint density at radius 1 is 1.64 bits per heavy atom. The van der Waals surface area contributed by atoms with Crippen LogP contribution in [0.15, 0.2) is 6.33 Å². The van der Waals surface area contributed by atoms with Gasteiger partial charge in [-0.3, -0.25) is 0 Å². The highest BCUT2D eigenvalue weighted by molar-refractivity contribution is 5.01. The monoisotopic (exact) mass is 195 g/mol. The maximum atomic E-state index is 5.54. The molecule has 0 aliphatic carbocycles. The molecule has 1 aromatic rings. The van der Waals surface area contributed by atoms with Crippen LogP contribution in [0.1, 0.15) is 38.4 Å². The zero-order valence-electron chi connectivity index (χ0n) is 8.81. The molecule has 1 fully saturated rings. The second-order valence-corrected chi connectivity index (χ2v) is 3.85. The Hall–Kier alpha value is -0.900. The molecule has 1 aromatic heterocycles. The highest BCUT2D eigenvalue weighted by Gasteiger charge is 2.29. The fraction of sp³-hybridized carbons (Fsp3) is 0.800. The summed E-state index contributed by atoms with van der Waals surface area (Å²) in [7, 11) is 0. The van der Waals surface area contributed by atoms with Crippen molar-refractivity contribution in [2.75, 3.05) is 6.61 Å². The lowest BCUT2D eigenvalue weighted by atomic mass is 10.0. The second kappa shape index (κ2) is 4.09. The van der Waals surface area contributed by atoms with Crippen LogP contribution in [0, 0.1) is 0 Å². The summed E-state index contributed by atoms with van der Waals surface area (Å²) in [5, 5.41) is 8.18. The molecule has 1 aliphatic heterocycles. The third kappa shape index (κ3) is 1.66. The summed E-state index contributed by atoms with van der Waals surface area (Å²) in [5.74, 6) is 1.53. The molecule has 2 heterocycles. The van der Waals surface area contributed by atoms with Gasteiger partial charge in [0, 0.05) is 19.1 Å². The minimum absolute atomic E-state index is 0.287. The maximum Gasteiger partial charge on any atom is 0.138 e. The van der Waals surface area contributed by atoms with Crippen molar-refractivity contribution in [1.82, 2.24) is 14.8 Å². The first-order valence-corrected chi connectivity index (χ1v) is 5.32. The van der Waals surface area contributed by atoms with Crippen LogP contribution in [-0.2, 0) is 11.3 Å². The van der Waals surface area contributed by atoms with E-state index in [2.05, 4.69) is 28.6 Å². The first kappa shape index (κ1) is 9.65. The molecule has 0 bridgehead atoms. The van der Waals surface area contributed by atoms with E-state index in [1.807, 2.05) is 6.33 Å². The molecular formula is C10H17N3O. The molecule has 14 heavy (non-hydrogen) atoms. The summed E-state index contributed by atoms with van der Waals surface area (Å²) >= 11 is 0. The molecule has 4 nitrogen and oxygen atoms in total. The molecule has 2 atom stereocenters. The second-order valence-electron chi connectivity index (χ2n) is 3.85. The van der Waals surface area contributed by atoms with Crippen LogP contribution in [-0.4, -0.2) is 27.5 Å². The molecule has 0 radical (unpaired) electrons. The largest absolute Gasteiger partial charge is 0.378 e. The van der Waals surface area contributed by atoms with Gasteiger partial charge in [0.2, 0.25) is 0 Å². The van der Waals surface area contributed by atoms with Crippen LogP contribution in [0.4, 0.5) is 0 Å². The zero-order chi connectivity index (χ0) is 9.97. The molecule has 4 heteroatoms. The number of hydrogen-bond donors (Lipinski definition) is 0. The van der Waals surface area contributed by atoms with E-state index in [0.29, 0.717) is 5.92 Å². The smallest absolute Gasteiger partial charge is 0.138 e.